The van der Waals surface area contributed by atoms with Gasteiger partial charge in [-0.15, -0.1) is 0 Å². The van der Waals surface area contributed by atoms with Gasteiger partial charge in [-0.25, -0.2) is 0 Å². The van der Waals surface area contributed by atoms with Crippen molar-refractivity contribution in [2.24, 2.45) is 34.0 Å². The van der Waals surface area contributed by atoms with Crippen LogP contribution in [-0.4, -0.2) is 10.7 Å². The normalized spacial score (nSPS) is 58.4. The molecular weight excluding hydrogens is 256 g/mol. The van der Waals surface area contributed by atoms with Crippen molar-refractivity contribution in [3.05, 3.63) is 0 Å². The maximum Gasteiger partial charge on any atom is 0.0678 e. The quantitative estimate of drug-likeness (QED) is 0.652. The van der Waals surface area contributed by atoms with Gasteiger partial charge in [-0.3, -0.25) is 0 Å². The van der Waals surface area contributed by atoms with E-state index in [1.54, 1.807) is 0 Å². The zero-order chi connectivity index (χ0) is 15.1. The second-order valence-corrected chi connectivity index (χ2v) is 10.3. The molecule has 0 aromatic heterocycles. The summed E-state index contributed by atoms with van der Waals surface area (Å²) < 4.78 is 0. The Morgan fingerprint density at radius 3 is 2.38 bits per heavy atom. The van der Waals surface area contributed by atoms with E-state index in [4.69, 9.17) is 0 Å². The molecule has 0 aromatic carbocycles. The third-order valence-electron chi connectivity index (χ3n) is 8.90. The Hall–Kier alpha value is -0.0400. The third kappa shape index (κ3) is 1.73. The number of hydrogen-bond donors (Lipinski definition) is 1. The average molecular weight is 290 g/mol. The molecular formula is C20H34O. The molecule has 0 amide bonds. The van der Waals surface area contributed by atoms with Gasteiger partial charge in [0.05, 0.1) is 5.60 Å². The predicted molar refractivity (Wildman–Crippen MR) is 87.0 cm³/mol. The fourth-order valence-corrected chi connectivity index (χ4v) is 8.09. The summed E-state index contributed by atoms with van der Waals surface area (Å²) in [6, 6.07) is 0. The monoisotopic (exact) mass is 290 g/mol. The molecule has 0 heterocycles. The molecule has 21 heavy (non-hydrogen) atoms. The minimum atomic E-state index is -0.316. The Kier molecular flexibility index (Phi) is 2.82. The second-order valence-electron chi connectivity index (χ2n) is 10.3. The van der Waals surface area contributed by atoms with Gasteiger partial charge in [0.15, 0.2) is 0 Å². The van der Waals surface area contributed by atoms with E-state index in [1.807, 2.05) is 0 Å². The van der Waals surface area contributed by atoms with Crippen molar-refractivity contribution in [3.63, 3.8) is 0 Å². The van der Waals surface area contributed by atoms with Crippen molar-refractivity contribution < 1.29 is 5.11 Å². The van der Waals surface area contributed by atoms with Crippen molar-refractivity contribution in [2.75, 3.05) is 0 Å². The zero-order valence-electron chi connectivity index (χ0n) is 14.5. The van der Waals surface area contributed by atoms with Crippen molar-refractivity contribution >= 4 is 0 Å². The van der Waals surface area contributed by atoms with Gasteiger partial charge in [-0.2, -0.15) is 0 Å². The third-order valence-corrected chi connectivity index (χ3v) is 8.90. The van der Waals surface area contributed by atoms with Crippen LogP contribution in [0.25, 0.3) is 0 Å². The Balaban J connectivity index is 1.73. The molecule has 0 radical (unpaired) electrons. The lowest BCUT2D eigenvalue weighted by Gasteiger charge is -2.64. The molecule has 1 nitrogen and oxygen atoms in total. The van der Waals surface area contributed by atoms with Gasteiger partial charge >= 0.3 is 0 Å². The maximum atomic E-state index is 11.0. The number of fused-ring (bicyclic) bond motifs is 3. The predicted octanol–water partition coefficient (Wildman–Crippen LogP) is 5.17. The molecule has 4 aliphatic rings. The molecule has 0 aromatic rings. The van der Waals surface area contributed by atoms with Gasteiger partial charge in [0.1, 0.15) is 0 Å². The van der Waals surface area contributed by atoms with Gasteiger partial charge in [0.25, 0.3) is 0 Å². The Morgan fingerprint density at radius 2 is 1.62 bits per heavy atom. The minimum Gasteiger partial charge on any atom is -0.390 e. The van der Waals surface area contributed by atoms with Crippen molar-refractivity contribution in [1.82, 2.24) is 0 Å². The van der Waals surface area contributed by atoms with Crippen LogP contribution in [0.5, 0.6) is 0 Å². The Bertz CT molecular complexity index is 455. The maximum absolute atomic E-state index is 11.0. The highest BCUT2D eigenvalue weighted by Gasteiger charge is 2.66. The van der Waals surface area contributed by atoms with E-state index in [0.717, 1.165) is 24.7 Å². The summed E-state index contributed by atoms with van der Waals surface area (Å²) in [5.41, 5.74) is 1.26. The number of hydrogen-bond acceptors (Lipinski definition) is 1. The van der Waals surface area contributed by atoms with E-state index in [0.29, 0.717) is 22.2 Å². The highest BCUT2D eigenvalue weighted by molar-refractivity contribution is 5.16. The summed E-state index contributed by atoms with van der Waals surface area (Å²) >= 11 is 0. The van der Waals surface area contributed by atoms with E-state index in [2.05, 4.69) is 27.7 Å². The molecule has 0 saturated heterocycles. The van der Waals surface area contributed by atoms with Gasteiger partial charge in [-0.05, 0) is 85.4 Å². The van der Waals surface area contributed by atoms with E-state index in [-0.39, 0.29) is 5.60 Å². The lowest BCUT2D eigenvalue weighted by atomic mass is 9.41. The molecule has 4 rings (SSSR count). The Morgan fingerprint density at radius 1 is 0.905 bits per heavy atom. The Labute approximate surface area is 130 Å². The SMILES string of the molecule is C[C@@H]1C[C@]23CC[C@H]4C(C)(C)CCC[C@]4(C)[C@H]2CC[C@@]1(O)C3. The van der Waals surface area contributed by atoms with E-state index >= 15 is 0 Å². The van der Waals surface area contributed by atoms with Crippen LogP contribution in [0, 0.1) is 34.0 Å². The standard InChI is InChI=1S/C20H34O/c1-14-12-19-10-6-15-17(2,3)8-5-9-18(15,4)16(19)7-11-20(14,21)13-19/h14-16,21H,5-13H2,1-4H3/t14-,15+,16-,18+,19+,20-/m1/s1. The van der Waals surface area contributed by atoms with Crippen molar-refractivity contribution in [1.29, 1.82) is 0 Å². The summed E-state index contributed by atoms with van der Waals surface area (Å²) in [4.78, 5) is 0. The fourth-order valence-electron chi connectivity index (χ4n) is 8.09. The lowest BCUT2D eigenvalue weighted by Crippen LogP contribution is -2.57. The highest BCUT2D eigenvalue weighted by Crippen LogP contribution is 2.72. The second kappa shape index (κ2) is 4.08. The molecule has 1 spiro atoms. The van der Waals surface area contributed by atoms with Gasteiger partial charge in [0, 0.05) is 0 Å². The minimum absolute atomic E-state index is 0.316. The van der Waals surface area contributed by atoms with Crippen LogP contribution in [0.3, 0.4) is 0 Å². The average Bonchev–Trinajstić information content (AvgIpc) is 2.54. The smallest absolute Gasteiger partial charge is 0.0678 e. The molecule has 1 heteroatoms. The lowest BCUT2D eigenvalue weighted by molar-refractivity contribution is -0.161. The topological polar surface area (TPSA) is 20.2 Å². The van der Waals surface area contributed by atoms with Crippen LogP contribution in [0.1, 0.15) is 85.5 Å². The van der Waals surface area contributed by atoms with Gasteiger partial charge < -0.3 is 5.11 Å². The molecule has 0 aliphatic heterocycles. The van der Waals surface area contributed by atoms with Crippen LogP contribution in [0.15, 0.2) is 0 Å². The first-order chi connectivity index (χ1) is 9.72. The largest absolute Gasteiger partial charge is 0.390 e. The molecule has 120 valence electrons. The molecule has 6 atom stereocenters. The summed E-state index contributed by atoms with van der Waals surface area (Å²) in [6.07, 6.45) is 11.9. The molecule has 1 N–H and O–H groups in total. The van der Waals surface area contributed by atoms with Crippen LogP contribution < -0.4 is 0 Å². The van der Waals surface area contributed by atoms with Crippen LogP contribution in [0.2, 0.25) is 0 Å². The van der Waals surface area contributed by atoms with Crippen molar-refractivity contribution in [3.8, 4) is 0 Å². The van der Waals surface area contributed by atoms with Crippen LogP contribution in [0.4, 0.5) is 0 Å². The van der Waals surface area contributed by atoms with Crippen molar-refractivity contribution in [2.45, 2.75) is 91.1 Å². The molecule has 4 fully saturated rings. The zero-order valence-corrected chi connectivity index (χ0v) is 14.5. The summed E-state index contributed by atoms with van der Waals surface area (Å²) in [7, 11) is 0. The summed E-state index contributed by atoms with van der Waals surface area (Å²) in [5.74, 6) is 2.32. The van der Waals surface area contributed by atoms with Crippen LogP contribution in [-0.2, 0) is 0 Å². The van der Waals surface area contributed by atoms with Gasteiger partial charge in [-0.1, -0.05) is 34.1 Å². The first kappa shape index (κ1) is 14.5. The van der Waals surface area contributed by atoms with Gasteiger partial charge in [0.2, 0.25) is 0 Å². The molecule has 4 saturated carbocycles. The van der Waals surface area contributed by atoms with Crippen LogP contribution >= 0.6 is 0 Å². The summed E-state index contributed by atoms with van der Waals surface area (Å²) in [5, 5.41) is 11.0. The molecule has 0 unspecified atom stereocenters. The number of aliphatic hydroxyl groups is 1. The fraction of sp³-hybridized carbons (Fsp3) is 1.00. The molecule has 2 bridgehead atoms. The molecule has 4 aliphatic carbocycles. The highest BCUT2D eigenvalue weighted by atomic mass is 16.3. The first-order valence-electron chi connectivity index (χ1n) is 9.44. The summed E-state index contributed by atoms with van der Waals surface area (Å²) in [6.45, 7) is 10.0. The van der Waals surface area contributed by atoms with E-state index in [1.165, 1.54) is 44.9 Å². The first-order valence-corrected chi connectivity index (χ1v) is 9.44. The van der Waals surface area contributed by atoms with E-state index < -0.39 is 0 Å². The van der Waals surface area contributed by atoms with E-state index in [9.17, 15) is 5.11 Å². The number of rotatable bonds is 0.